The molecular weight excluding hydrogens is 345 g/mol. The largest absolute Gasteiger partial charge is 0.354 e. The Morgan fingerprint density at radius 1 is 0.818 bits per heavy atom. The number of hydrogen-bond acceptors (Lipinski definition) is 3. The van der Waals surface area contributed by atoms with Crippen LogP contribution in [0.15, 0.2) is 42.5 Å². The van der Waals surface area contributed by atoms with E-state index in [9.17, 15) is 9.59 Å². The molecule has 0 amide bonds. The Morgan fingerprint density at radius 3 is 2.18 bits per heavy atom. The number of Topliss-reactive ketones (excluding diaryl/α,β-unsaturated/α-hetero) is 1. The number of hydrogen-bond donors (Lipinski definition) is 1. The molecular formula is C16H8Cl3NO2. The van der Waals surface area contributed by atoms with E-state index < -0.39 is 11.6 Å². The minimum atomic E-state index is -0.586. The summed E-state index contributed by atoms with van der Waals surface area (Å²) in [5, 5.41) is 4.06. The first kappa shape index (κ1) is 15.1. The van der Waals surface area contributed by atoms with Crippen molar-refractivity contribution in [2.75, 3.05) is 5.32 Å². The number of nitrogens with one attached hydrogen (secondary N) is 1. The van der Waals surface area contributed by atoms with Crippen molar-refractivity contribution in [3.05, 3.63) is 68.7 Å². The normalized spacial score (nSPS) is 13.7. The number of halogens is 3. The van der Waals surface area contributed by atoms with Gasteiger partial charge in [0.15, 0.2) is 0 Å². The Balaban J connectivity index is 2.06. The van der Waals surface area contributed by atoms with Crippen LogP contribution in [0.2, 0.25) is 15.1 Å². The maximum absolute atomic E-state index is 11.9. The van der Waals surface area contributed by atoms with Gasteiger partial charge in [-0.05, 0) is 12.1 Å². The second-order valence-corrected chi connectivity index (χ2v) is 5.89. The third-order valence-electron chi connectivity index (χ3n) is 3.24. The molecule has 0 aliphatic heterocycles. The van der Waals surface area contributed by atoms with E-state index in [0.29, 0.717) is 37.6 Å². The second kappa shape index (κ2) is 5.76. The number of benzene rings is 2. The van der Waals surface area contributed by atoms with Crippen molar-refractivity contribution in [2.24, 2.45) is 0 Å². The lowest BCUT2D eigenvalue weighted by molar-refractivity contribution is -0.111. The van der Waals surface area contributed by atoms with Crippen LogP contribution in [0.1, 0.15) is 15.9 Å². The average molecular weight is 353 g/mol. The van der Waals surface area contributed by atoms with Crippen molar-refractivity contribution >= 4 is 57.8 Å². The van der Waals surface area contributed by atoms with Gasteiger partial charge in [0.05, 0.1) is 26.5 Å². The predicted molar refractivity (Wildman–Crippen MR) is 88.9 cm³/mol. The van der Waals surface area contributed by atoms with Crippen molar-refractivity contribution in [2.45, 2.75) is 0 Å². The van der Waals surface area contributed by atoms with E-state index in [-0.39, 0.29) is 0 Å². The standard InChI is InChI=1S/C16H8Cl3NO2/c17-10-5-12(19)14(6-11(10)18)20-13-7-15(21)16(22)9-4-2-1-3-8(9)13/h1-7,20H. The molecule has 1 aliphatic carbocycles. The molecule has 110 valence electrons. The van der Waals surface area contributed by atoms with Crippen LogP contribution in [0.25, 0.3) is 5.70 Å². The first-order valence-electron chi connectivity index (χ1n) is 6.28. The highest BCUT2D eigenvalue weighted by Gasteiger charge is 2.25. The molecule has 0 unspecified atom stereocenters. The molecule has 3 rings (SSSR count). The van der Waals surface area contributed by atoms with Crippen LogP contribution in [-0.4, -0.2) is 11.6 Å². The Kier molecular flexibility index (Phi) is 3.96. The summed E-state index contributed by atoms with van der Waals surface area (Å²) < 4.78 is 0. The van der Waals surface area contributed by atoms with Gasteiger partial charge in [-0.1, -0.05) is 59.1 Å². The first-order chi connectivity index (χ1) is 10.5. The lowest BCUT2D eigenvalue weighted by atomic mass is 9.92. The van der Waals surface area contributed by atoms with Gasteiger partial charge in [-0.15, -0.1) is 0 Å². The fraction of sp³-hybridized carbons (Fsp3) is 0. The van der Waals surface area contributed by atoms with Crippen LogP contribution in [0.4, 0.5) is 5.69 Å². The van der Waals surface area contributed by atoms with Crippen LogP contribution in [-0.2, 0) is 4.79 Å². The number of ketones is 2. The van der Waals surface area contributed by atoms with Crippen molar-refractivity contribution in [3.8, 4) is 0 Å². The molecule has 0 fully saturated rings. The summed E-state index contributed by atoms with van der Waals surface area (Å²) >= 11 is 18.0. The fourth-order valence-corrected chi connectivity index (χ4v) is 2.78. The molecule has 6 heteroatoms. The van der Waals surface area contributed by atoms with Crippen LogP contribution < -0.4 is 5.32 Å². The van der Waals surface area contributed by atoms with Gasteiger partial charge in [0, 0.05) is 17.2 Å². The summed E-state index contributed by atoms with van der Waals surface area (Å²) in [4.78, 5) is 23.7. The summed E-state index contributed by atoms with van der Waals surface area (Å²) in [6, 6.07) is 9.93. The zero-order chi connectivity index (χ0) is 15.9. The molecule has 2 aromatic rings. The van der Waals surface area contributed by atoms with E-state index in [0.717, 1.165) is 0 Å². The number of fused-ring (bicyclic) bond motifs is 1. The number of allylic oxidation sites excluding steroid dienone is 1. The molecule has 1 aliphatic rings. The third-order valence-corrected chi connectivity index (χ3v) is 4.28. The van der Waals surface area contributed by atoms with Crippen molar-refractivity contribution in [1.29, 1.82) is 0 Å². The van der Waals surface area contributed by atoms with Gasteiger partial charge in [-0.2, -0.15) is 0 Å². The fourth-order valence-electron chi connectivity index (χ4n) is 2.19. The van der Waals surface area contributed by atoms with Gasteiger partial charge in [0.25, 0.3) is 0 Å². The summed E-state index contributed by atoms with van der Waals surface area (Å²) in [6.07, 6.45) is 1.25. The zero-order valence-corrected chi connectivity index (χ0v) is 13.3. The molecule has 0 atom stereocenters. The summed E-state index contributed by atoms with van der Waals surface area (Å²) in [7, 11) is 0. The minimum Gasteiger partial charge on any atom is -0.354 e. The molecule has 22 heavy (non-hydrogen) atoms. The summed E-state index contributed by atoms with van der Waals surface area (Å²) in [5.74, 6) is -1.11. The van der Waals surface area contributed by atoms with E-state index in [1.54, 1.807) is 30.3 Å². The van der Waals surface area contributed by atoms with Crippen molar-refractivity contribution in [1.82, 2.24) is 0 Å². The Bertz CT molecular complexity index is 843. The second-order valence-electron chi connectivity index (χ2n) is 4.67. The van der Waals surface area contributed by atoms with E-state index in [2.05, 4.69) is 5.32 Å². The van der Waals surface area contributed by atoms with Gasteiger partial charge in [0.2, 0.25) is 11.6 Å². The summed E-state index contributed by atoms with van der Waals surface area (Å²) in [6.45, 7) is 0. The number of carbonyl (C=O) groups excluding carboxylic acids is 2. The Morgan fingerprint density at radius 2 is 1.45 bits per heavy atom. The van der Waals surface area contributed by atoms with Gasteiger partial charge >= 0.3 is 0 Å². The van der Waals surface area contributed by atoms with E-state index in [1.165, 1.54) is 12.1 Å². The third kappa shape index (κ3) is 2.63. The molecule has 0 saturated heterocycles. The topological polar surface area (TPSA) is 46.2 Å². The first-order valence-corrected chi connectivity index (χ1v) is 7.42. The minimum absolute atomic E-state index is 0.334. The highest BCUT2D eigenvalue weighted by atomic mass is 35.5. The van der Waals surface area contributed by atoms with Gasteiger partial charge < -0.3 is 5.32 Å². The van der Waals surface area contributed by atoms with Crippen molar-refractivity contribution < 1.29 is 9.59 Å². The number of carbonyl (C=O) groups is 2. The Hall–Kier alpha value is -1.81. The van der Waals surface area contributed by atoms with Crippen LogP contribution >= 0.6 is 34.8 Å². The highest BCUT2D eigenvalue weighted by molar-refractivity contribution is 6.51. The maximum atomic E-state index is 11.9. The highest BCUT2D eigenvalue weighted by Crippen LogP contribution is 2.35. The summed E-state index contributed by atoms with van der Waals surface area (Å²) in [5.41, 5.74) is 1.97. The molecule has 0 bridgehead atoms. The lowest BCUT2D eigenvalue weighted by Gasteiger charge is -2.18. The van der Waals surface area contributed by atoms with Gasteiger partial charge in [0.1, 0.15) is 0 Å². The zero-order valence-electron chi connectivity index (χ0n) is 11.0. The van der Waals surface area contributed by atoms with Gasteiger partial charge in [-0.3, -0.25) is 9.59 Å². The quantitative estimate of drug-likeness (QED) is 0.620. The van der Waals surface area contributed by atoms with E-state index in [4.69, 9.17) is 34.8 Å². The van der Waals surface area contributed by atoms with Crippen LogP contribution in [0, 0.1) is 0 Å². The molecule has 1 N–H and O–H groups in total. The molecule has 0 saturated carbocycles. The lowest BCUT2D eigenvalue weighted by Crippen LogP contribution is -2.20. The maximum Gasteiger partial charge on any atom is 0.233 e. The average Bonchev–Trinajstić information content (AvgIpc) is 2.50. The smallest absolute Gasteiger partial charge is 0.233 e. The Labute approximate surface area is 141 Å². The number of rotatable bonds is 2. The number of anilines is 1. The van der Waals surface area contributed by atoms with Crippen molar-refractivity contribution in [3.63, 3.8) is 0 Å². The predicted octanol–water partition coefficient (Wildman–Crippen LogP) is 4.87. The van der Waals surface area contributed by atoms with E-state index in [1.807, 2.05) is 0 Å². The molecule has 0 heterocycles. The SMILES string of the molecule is O=C1C=C(Nc2cc(Cl)c(Cl)cc2Cl)c2ccccc2C1=O. The monoisotopic (exact) mass is 351 g/mol. The molecule has 0 aromatic heterocycles. The molecule has 0 spiro atoms. The van der Waals surface area contributed by atoms with Gasteiger partial charge in [-0.25, -0.2) is 0 Å². The molecule has 3 nitrogen and oxygen atoms in total. The molecule has 0 radical (unpaired) electrons. The molecule has 2 aromatic carbocycles. The van der Waals surface area contributed by atoms with Crippen LogP contribution in [0.3, 0.4) is 0 Å². The van der Waals surface area contributed by atoms with E-state index >= 15 is 0 Å². The van der Waals surface area contributed by atoms with Crippen LogP contribution in [0.5, 0.6) is 0 Å².